The first-order valence-corrected chi connectivity index (χ1v) is 5.81. The van der Waals surface area contributed by atoms with Gasteiger partial charge in [0.25, 0.3) is 0 Å². The van der Waals surface area contributed by atoms with Gasteiger partial charge in [0, 0.05) is 11.4 Å². The predicted octanol–water partition coefficient (Wildman–Crippen LogP) is 1.29. The van der Waals surface area contributed by atoms with Gasteiger partial charge in [-0.1, -0.05) is 12.1 Å². The van der Waals surface area contributed by atoms with E-state index in [2.05, 4.69) is 0 Å². The second-order valence-electron chi connectivity index (χ2n) is 3.29. The topological polar surface area (TPSA) is 60.2 Å². The van der Waals surface area contributed by atoms with Gasteiger partial charge in [0.15, 0.2) is 0 Å². The Bertz CT molecular complexity index is 515. The highest BCUT2D eigenvalue weighted by Gasteiger charge is 2.27. The fraction of sp³-hybridized carbons (Fsp3) is 0.200. The van der Waals surface area contributed by atoms with Crippen molar-refractivity contribution in [3.8, 4) is 0 Å². The lowest BCUT2D eigenvalue weighted by Gasteiger charge is -2.03. The molecule has 0 bridgehead atoms. The molecular formula is C10H11NO2S. The van der Waals surface area contributed by atoms with Crippen molar-refractivity contribution in [3.05, 3.63) is 34.2 Å². The third-order valence-corrected chi connectivity index (χ3v) is 4.34. The van der Waals surface area contributed by atoms with Crippen LogP contribution in [0.3, 0.4) is 0 Å². The van der Waals surface area contributed by atoms with E-state index in [1.165, 1.54) is 0 Å². The maximum Gasteiger partial charge on any atom is 0.203 e. The summed E-state index contributed by atoms with van der Waals surface area (Å²) in [7, 11) is -3.21. The van der Waals surface area contributed by atoms with Gasteiger partial charge in [0.2, 0.25) is 9.84 Å². The summed E-state index contributed by atoms with van der Waals surface area (Å²) >= 11 is 0. The molecule has 0 unspecified atom stereocenters. The van der Waals surface area contributed by atoms with Crippen LogP contribution in [-0.4, -0.2) is 8.42 Å². The number of rotatable bonds is 1. The summed E-state index contributed by atoms with van der Waals surface area (Å²) in [5, 5.41) is 0. The summed E-state index contributed by atoms with van der Waals surface area (Å²) in [6, 6.07) is 5.20. The lowest BCUT2D eigenvalue weighted by atomic mass is 10.1. The zero-order valence-corrected chi connectivity index (χ0v) is 8.64. The zero-order valence-electron chi connectivity index (χ0n) is 7.82. The Morgan fingerprint density at radius 1 is 1.36 bits per heavy atom. The lowest BCUT2D eigenvalue weighted by Crippen LogP contribution is -2.02. The van der Waals surface area contributed by atoms with Gasteiger partial charge in [-0.2, -0.15) is 0 Å². The first-order chi connectivity index (χ1) is 6.57. The van der Waals surface area contributed by atoms with Crippen molar-refractivity contribution in [2.45, 2.75) is 18.4 Å². The molecule has 2 rings (SSSR count). The number of benzene rings is 1. The molecule has 0 radical (unpaired) electrons. The van der Waals surface area contributed by atoms with Crippen LogP contribution >= 0.6 is 0 Å². The van der Waals surface area contributed by atoms with E-state index in [-0.39, 0.29) is 0 Å². The van der Waals surface area contributed by atoms with Crippen LogP contribution in [0, 0.1) is 0 Å². The number of sulfone groups is 1. The van der Waals surface area contributed by atoms with Crippen LogP contribution in [0.25, 0.3) is 6.08 Å². The number of allylic oxidation sites excluding steroid dienone is 1. The Labute approximate surface area is 83.2 Å². The summed E-state index contributed by atoms with van der Waals surface area (Å²) in [6.45, 7) is 1.97. The monoisotopic (exact) mass is 209 g/mol. The fourth-order valence-corrected chi connectivity index (χ4v) is 2.98. The summed E-state index contributed by atoms with van der Waals surface area (Å²) in [5.41, 5.74) is 7.17. The SMILES string of the molecule is CC1=Cc2c(CN)cccc2S1(=O)=O. The summed E-state index contributed by atoms with van der Waals surface area (Å²) in [5.74, 6) is 0. The molecule has 0 saturated heterocycles. The third kappa shape index (κ3) is 1.11. The molecule has 2 N–H and O–H groups in total. The Morgan fingerprint density at radius 3 is 2.71 bits per heavy atom. The van der Waals surface area contributed by atoms with E-state index < -0.39 is 9.84 Å². The van der Waals surface area contributed by atoms with Gasteiger partial charge in [0.05, 0.1) is 4.90 Å². The Morgan fingerprint density at radius 2 is 2.07 bits per heavy atom. The van der Waals surface area contributed by atoms with Gasteiger partial charge >= 0.3 is 0 Å². The molecular weight excluding hydrogens is 198 g/mol. The van der Waals surface area contributed by atoms with Gasteiger partial charge in [-0.15, -0.1) is 0 Å². The zero-order chi connectivity index (χ0) is 10.3. The van der Waals surface area contributed by atoms with E-state index in [1.807, 2.05) is 6.07 Å². The van der Waals surface area contributed by atoms with E-state index in [1.54, 1.807) is 25.1 Å². The van der Waals surface area contributed by atoms with Crippen LogP contribution in [0.4, 0.5) is 0 Å². The van der Waals surface area contributed by atoms with Crippen molar-refractivity contribution >= 4 is 15.9 Å². The molecule has 74 valence electrons. The van der Waals surface area contributed by atoms with E-state index in [0.29, 0.717) is 16.3 Å². The number of hydrogen-bond acceptors (Lipinski definition) is 3. The maximum atomic E-state index is 11.7. The van der Waals surface area contributed by atoms with E-state index >= 15 is 0 Å². The fourth-order valence-electron chi connectivity index (χ4n) is 1.62. The first kappa shape index (κ1) is 9.43. The minimum atomic E-state index is -3.21. The van der Waals surface area contributed by atoms with E-state index in [4.69, 9.17) is 5.73 Å². The highest BCUT2D eigenvalue weighted by atomic mass is 32.2. The summed E-state index contributed by atoms with van der Waals surface area (Å²) in [4.78, 5) is 0.784. The van der Waals surface area contributed by atoms with Crippen LogP contribution in [0.2, 0.25) is 0 Å². The van der Waals surface area contributed by atoms with Gasteiger partial charge in [-0.05, 0) is 30.2 Å². The van der Waals surface area contributed by atoms with Crippen molar-refractivity contribution in [2.24, 2.45) is 5.73 Å². The standard InChI is InChI=1S/C10H11NO2S/c1-7-5-9-8(6-11)3-2-4-10(9)14(7,12)13/h2-5H,6,11H2,1H3. The van der Waals surface area contributed by atoms with Crippen molar-refractivity contribution in [2.75, 3.05) is 0 Å². The molecule has 0 saturated carbocycles. The van der Waals surface area contributed by atoms with E-state index in [9.17, 15) is 8.42 Å². The van der Waals surface area contributed by atoms with Crippen LogP contribution in [0.5, 0.6) is 0 Å². The average molecular weight is 209 g/mol. The predicted molar refractivity (Wildman–Crippen MR) is 55.2 cm³/mol. The molecule has 1 aromatic rings. The Kier molecular flexibility index (Phi) is 1.97. The highest BCUT2D eigenvalue weighted by Crippen LogP contribution is 2.34. The van der Waals surface area contributed by atoms with Crippen LogP contribution in [0.15, 0.2) is 28.0 Å². The molecule has 1 aliphatic heterocycles. The average Bonchev–Trinajstić information content (AvgIpc) is 2.39. The molecule has 0 fully saturated rings. The van der Waals surface area contributed by atoms with Gasteiger partial charge in [0.1, 0.15) is 0 Å². The van der Waals surface area contributed by atoms with Crippen LogP contribution in [-0.2, 0) is 16.4 Å². The normalized spacial score (nSPS) is 17.7. The van der Waals surface area contributed by atoms with Gasteiger partial charge in [-0.25, -0.2) is 8.42 Å². The molecule has 14 heavy (non-hydrogen) atoms. The van der Waals surface area contributed by atoms with Crippen molar-refractivity contribution in [1.82, 2.24) is 0 Å². The third-order valence-electron chi connectivity index (χ3n) is 2.44. The number of fused-ring (bicyclic) bond motifs is 1. The quantitative estimate of drug-likeness (QED) is 0.758. The van der Waals surface area contributed by atoms with Crippen molar-refractivity contribution in [3.63, 3.8) is 0 Å². The number of nitrogens with two attached hydrogens (primary N) is 1. The number of hydrogen-bond donors (Lipinski definition) is 1. The molecule has 1 heterocycles. The first-order valence-electron chi connectivity index (χ1n) is 4.32. The van der Waals surface area contributed by atoms with Crippen LogP contribution < -0.4 is 5.73 Å². The highest BCUT2D eigenvalue weighted by molar-refractivity contribution is 7.95. The van der Waals surface area contributed by atoms with Gasteiger partial charge < -0.3 is 5.73 Å². The molecule has 0 amide bonds. The van der Waals surface area contributed by atoms with Crippen LogP contribution in [0.1, 0.15) is 18.1 Å². The molecule has 3 nitrogen and oxygen atoms in total. The maximum absolute atomic E-state index is 11.7. The smallest absolute Gasteiger partial charge is 0.203 e. The molecule has 1 aromatic carbocycles. The molecule has 4 heteroatoms. The molecule has 0 spiro atoms. The van der Waals surface area contributed by atoms with E-state index in [0.717, 1.165) is 11.1 Å². The van der Waals surface area contributed by atoms with Crippen molar-refractivity contribution in [1.29, 1.82) is 0 Å². The Balaban J connectivity index is 2.79. The molecule has 0 aliphatic carbocycles. The lowest BCUT2D eigenvalue weighted by molar-refractivity contribution is 0.603. The summed E-state index contributed by atoms with van der Waals surface area (Å²) in [6.07, 6.45) is 1.69. The molecule has 0 aromatic heterocycles. The summed E-state index contributed by atoms with van der Waals surface area (Å²) < 4.78 is 23.5. The molecule has 0 atom stereocenters. The minimum Gasteiger partial charge on any atom is -0.326 e. The van der Waals surface area contributed by atoms with Crippen molar-refractivity contribution < 1.29 is 8.42 Å². The largest absolute Gasteiger partial charge is 0.326 e. The molecule has 1 aliphatic rings. The Hall–Kier alpha value is -1.13. The second-order valence-corrected chi connectivity index (χ2v) is 5.38. The van der Waals surface area contributed by atoms with Gasteiger partial charge in [-0.3, -0.25) is 0 Å². The second kappa shape index (κ2) is 2.93. The minimum absolute atomic E-state index is 0.364.